The number of anilines is 1. The molecule has 0 saturated carbocycles. The second-order valence-corrected chi connectivity index (χ2v) is 8.09. The predicted octanol–water partition coefficient (Wildman–Crippen LogP) is 8.03. The van der Waals surface area contributed by atoms with Crippen molar-refractivity contribution in [3.8, 4) is 11.3 Å². The van der Waals surface area contributed by atoms with Gasteiger partial charge in [-0.3, -0.25) is 0 Å². The van der Waals surface area contributed by atoms with Crippen LogP contribution >= 0.6 is 11.6 Å². The van der Waals surface area contributed by atoms with Gasteiger partial charge in [0, 0.05) is 22.7 Å². The zero-order chi connectivity index (χ0) is 22.9. The van der Waals surface area contributed by atoms with Crippen LogP contribution in [0.4, 0.5) is 5.82 Å². The minimum Gasteiger partial charge on any atom is -0.366 e. The van der Waals surface area contributed by atoms with Crippen LogP contribution in [0.2, 0.25) is 5.02 Å². The van der Waals surface area contributed by atoms with Crippen LogP contribution < -0.4 is 5.32 Å². The van der Waals surface area contributed by atoms with E-state index < -0.39 is 0 Å². The highest BCUT2D eigenvalue weighted by Crippen LogP contribution is 2.30. The van der Waals surface area contributed by atoms with Crippen LogP contribution in [0.5, 0.6) is 0 Å². The summed E-state index contributed by atoms with van der Waals surface area (Å²) in [5.74, 6) is 0.814. The highest BCUT2D eigenvalue weighted by Gasteiger charge is 2.11. The van der Waals surface area contributed by atoms with Crippen molar-refractivity contribution in [2.45, 2.75) is 40.7 Å². The SMILES string of the molecule is C\C=C/C(=C\C(C)=C\CC)c1ccc(CNc2ncnc(-c3ccccc3Cl)c2C)cc1. The molecule has 3 aromatic rings. The molecule has 4 heteroatoms. The number of hydrogen-bond acceptors (Lipinski definition) is 3. The number of aromatic nitrogens is 2. The van der Waals surface area contributed by atoms with E-state index in [0.29, 0.717) is 11.6 Å². The maximum atomic E-state index is 6.37. The van der Waals surface area contributed by atoms with Crippen molar-refractivity contribution in [1.82, 2.24) is 9.97 Å². The van der Waals surface area contributed by atoms with E-state index in [0.717, 1.165) is 29.1 Å². The fourth-order valence-corrected chi connectivity index (χ4v) is 3.81. The molecule has 1 heterocycles. The minimum atomic E-state index is 0.678. The van der Waals surface area contributed by atoms with Crippen molar-refractivity contribution >= 4 is 23.0 Å². The average molecular weight is 444 g/mol. The van der Waals surface area contributed by atoms with Gasteiger partial charge < -0.3 is 5.32 Å². The molecule has 0 radical (unpaired) electrons. The van der Waals surface area contributed by atoms with Gasteiger partial charge in [-0.15, -0.1) is 0 Å². The van der Waals surface area contributed by atoms with E-state index in [1.807, 2.05) is 38.1 Å². The molecule has 0 spiro atoms. The maximum absolute atomic E-state index is 6.37. The van der Waals surface area contributed by atoms with E-state index >= 15 is 0 Å². The van der Waals surface area contributed by atoms with E-state index in [1.54, 1.807) is 6.33 Å². The third-order valence-corrected chi connectivity index (χ3v) is 5.55. The van der Waals surface area contributed by atoms with E-state index in [1.165, 1.54) is 22.3 Å². The third-order valence-electron chi connectivity index (χ3n) is 5.22. The van der Waals surface area contributed by atoms with Crippen molar-refractivity contribution in [2.24, 2.45) is 0 Å². The molecular formula is C28H30ClN3. The molecule has 1 N–H and O–H groups in total. The number of allylic oxidation sites excluding steroid dienone is 6. The zero-order valence-electron chi connectivity index (χ0n) is 19.2. The Morgan fingerprint density at radius 3 is 2.50 bits per heavy atom. The number of halogens is 1. The molecule has 0 aliphatic carbocycles. The number of nitrogens with one attached hydrogen (secondary N) is 1. The largest absolute Gasteiger partial charge is 0.366 e. The summed E-state index contributed by atoms with van der Waals surface area (Å²) in [6, 6.07) is 16.4. The molecule has 0 aliphatic rings. The Balaban J connectivity index is 1.77. The number of nitrogens with zero attached hydrogens (tertiary/aromatic N) is 2. The van der Waals surface area contributed by atoms with Gasteiger partial charge in [-0.2, -0.15) is 0 Å². The average Bonchev–Trinajstić information content (AvgIpc) is 2.79. The molecule has 3 rings (SSSR count). The molecule has 0 unspecified atom stereocenters. The van der Waals surface area contributed by atoms with Gasteiger partial charge in [-0.05, 0) is 50.0 Å². The number of rotatable bonds is 8. The summed E-state index contributed by atoms with van der Waals surface area (Å²) in [5.41, 5.74) is 7.62. The molecule has 164 valence electrons. The van der Waals surface area contributed by atoms with Crippen molar-refractivity contribution in [1.29, 1.82) is 0 Å². The second-order valence-electron chi connectivity index (χ2n) is 7.68. The van der Waals surface area contributed by atoms with Gasteiger partial charge in [-0.25, -0.2) is 9.97 Å². The normalized spacial score (nSPS) is 12.4. The lowest BCUT2D eigenvalue weighted by Crippen LogP contribution is -2.05. The van der Waals surface area contributed by atoms with Crippen LogP contribution in [-0.4, -0.2) is 9.97 Å². The Labute approximate surface area is 196 Å². The van der Waals surface area contributed by atoms with Gasteiger partial charge >= 0.3 is 0 Å². The summed E-state index contributed by atoms with van der Waals surface area (Å²) in [5, 5.41) is 4.13. The number of hydrogen-bond donors (Lipinski definition) is 1. The lowest BCUT2D eigenvalue weighted by Gasteiger charge is -2.13. The van der Waals surface area contributed by atoms with Gasteiger partial charge in [0.1, 0.15) is 12.1 Å². The van der Waals surface area contributed by atoms with Gasteiger partial charge in [0.25, 0.3) is 0 Å². The fourth-order valence-electron chi connectivity index (χ4n) is 3.59. The minimum absolute atomic E-state index is 0.678. The Morgan fingerprint density at radius 2 is 1.81 bits per heavy atom. The van der Waals surface area contributed by atoms with Crippen molar-refractivity contribution in [3.63, 3.8) is 0 Å². The molecule has 32 heavy (non-hydrogen) atoms. The maximum Gasteiger partial charge on any atom is 0.133 e. The van der Waals surface area contributed by atoms with Crippen LogP contribution in [0.15, 0.2) is 84.7 Å². The zero-order valence-corrected chi connectivity index (χ0v) is 19.9. The van der Waals surface area contributed by atoms with E-state index in [4.69, 9.17) is 11.6 Å². The quantitative estimate of drug-likeness (QED) is 0.358. The van der Waals surface area contributed by atoms with E-state index in [2.05, 4.69) is 77.7 Å². The van der Waals surface area contributed by atoms with E-state index in [9.17, 15) is 0 Å². The molecule has 2 aromatic carbocycles. The monoisotopic (exact) mass is 443 g/mol. The van der Waals surface area contributed by atoms with E-state index in [-0.39, 0.29) is 0 Å². The Bertz CT molecular complexity index is 1140. The summed E-state index contributed by atoms with van der Waals surface area (Å²) in [7, 11) is 0. The molecule has 0 aliphatic heterocycles. The smallest absolute Gasteiger partial charge is 0.133 e. The molecule has 1 aromatic heterocycles. The Hall–Kier alpha value is -3.17. The van der Waals surface area contributed by atoms with Gasteiger partial charge in [-0.1, -0.05) is 90.9 Å². The summed E-state index contributed by atoms with van der Waals surface area (Å²) in [6.45, 7) is 9.05. The molecular weight excluding hydrogens is 414 g/mol. The van der Waals surface area contributed by atoms with Crippen LogP contribution in [0, 0.1) is 6.92 Å². The Kier molecular flexibility index (Phi) is 8.41. The summed E-state index contributed by atoms with van der Waals surface area (Å²) in [4.78, 5) is 8.90. The summed E-state index contributed by atoms with van der Waals surface area (Å²) in [6.07, 6.45) is 11.3. The first-order valence-corrected chi connectivity index (χ1v) is 11.3. The molecule has 3 nitrogen and oxygen atoms in total. The first-order chi connectivity index (χ1) is 15.5. The molecule has 0 amide bonds. The Morgan fingerprint density at radius 1 is 1.06 bits per heavy atom. The highest BCUT2D eigenvalue weighted by molar-refractivity contribution is 6.33. The van der Waals surface area contributed by atoms with Crippen molar-refractivity contribution in [2.75, 3.05) is 5.32 Å². The molecule has 0 atom stereocenters. The lowest BCUT2D eigenvalue weighted by molar-refractivity contribution is 1.06. The molecule has 0 fully saturated rings. The van der Waals surface area contributed by atoms with Crippen LogP contribution in [0.25, 0.3) is 16.8 Å². The first kappa shape index (κ1) is 23.5. The highest BCUT2D eigenvalue weighted by atomic mass is 35.5. The second kappa shape index (κ2) is 11.4. The van der Waals surface area contributed by atoms with Gasteiger partial charge in [0.15, 0.2) is 0 Å². The molecule has 0 saturated heterocycles. The van der Waals surface area contributed by atoms with Crippen molar-refractivity contribution < 1.29 is 0 Å². The summed E-state index contributed by atoms with van der Waals surface area (Å²) >= 11 is 6.37. The van der Waals surface area contributed by atoms with Crippen LogP contribution in [-0.2, 0) is 6.54 Å². The molecule has 0 bridgehead atoms. The summed E-state index contributed by atoms with van der Waals surface area (Å²) < 4.78 is 0. The van der Waals surface area contributed by atoms with Gasteiger partial charge in [0.05, 0.1) is 5.69 Å². The van der Waals surface area contributed by atoms with Crippen LogP contribution in [0.3, 0.4) is 0 Å². The van der Waals surface area contributed by atoms with Crippen LogP contribution in [0.1, 0.15) is 43.9 Å². The van der Waals surface area contributed by atoms with Crippen molar-refractivity contribution in [3.05, 3.63) is 106 Å². The predicted molar refractivity (Wildman–Crippen MR) is 138 cm³/mol. The fraction of sp³-hybridized carbons (Fsp3) is 0.214. The lowest BCUT2D eigenvalue weighted by atomic mass is 10.0. The first-order valence-electron chi connectivity index (χ1n) is 10.9. The standard InChI is InChI=1S/C28H30ClN3/c1-5-9-20(3)17-24(10-6-2)23-15-13-22(14-16-23)18-30-28-21(4)27(31-19-32-28)25-11-7-8-12-26(25)29/h6-17,19H,5,18H2,1-4H3,(H,30,31,32)/b10-6-,20-9+,24-17+. The van der Waals surface area contributed by atoms with Gasteiger partial charge in [0.2, 0.25) is 0 Å². The topological polar surface area (TPSA) is 37.8 Å². The third kappa shape index (κ3) is 5.95. The number of benzene rings is 2.